The molecule has 0 aliphatic rings. The number of ketones is 1. The quantitative estimate of drug-likeness (QED) is 0.391. The predicted octanol–water partition coefficient (Wildman–Crippen LogP) is 4.95. The van der Waals surface area contributed by atoms with E-state index in [1.807, 2.05) is 12.1 Å². The summed E-state index contributed by atoms with van der Waals surface area (Å²) in [7, 11) is 0. The molecule has 4 nitrogen and oxygen atoms in total. The lowest BCUT2D eigenvalue weighted by Gasteiger charge is -2.17. The molecule has 0 aromatic heterocycles. The molecule has 0 radical (unpaired) electrons. The van der Waals surface area contributed by atoms with Gasteiger partial charge in [-0.3, -0.25) is 4.79 Å². The summed E-state index contributed by atoms with van der Waals surface area (Å²) < 4.78 is 10.4. The largest absolute Gasteiger partial charge is 0.509 e. The molecule has 2 rings (SSSR count). The fraction of sp³-hybridized carbons (Fsp3) is 0.300. The molecule has 0 aliphatic carbocycles. The van der Waals surface area contributed by atoms with Crippen LogP contribution in [0.1, 0.15) is 48.2 Å². The van der Waals surface area contributed by atoms with Gasteiger partial charge in [-0.1, -0.05) is 80.4 Å². The molecule has 0 aliphatic heterocycles. The highest BCUT2D eigenvalue weighted by Gasteiger charge is 2.26. The highest BCUT2D eigenvalue weighted by atomic mass is 16.7. The fourth-order valence-corrected chi connectivity index (χ4v) is 2.29. The maximum absolute atomic E-state index is 12.7. The van der Waals surface area contributed by atoms with Crippen molar-refractivity contribution in [1.29, 1.82) is 0 Å². The normalized spacial score (nSPS) is 11.5. The number of carbonyl (C=O) groups excluding carboxylic acids is 2. The van der Waals surface area contributed by atoms with Crippen LogP contribution in [-0.4, -0.2) is 18.5 Å². The molecule has 0 N–H and O–H groups in total. The molecule has 0 spiro atoms. The Morgan fingerprint density at radius 3 is 2.17 bits per heavy atom. The summed E-state index contributed by atoms with van der Waals surface area (Å²) in [5.41, 5.74) is 1.11. The fourth-order valence-electron chi connectivity index (χ4n) is 2.29. The smallest absolute Gasteiger partial charge is 0.434 e. The summed E-state index contributed by atoms with van der Waals surface area (Å²) in [6.45, 7) is 2.37. The SMILES string of the molecule is CCCCCOC(=O)OC(C(=O)c1ccccc1)c1ccccc1. The van der Waals surface area contributed by atoms with E-state index in [4.69, 9.17) is 9.47 Å². The van der Waals surface area contributed by atoms with Gasteiger partial charge >= 0.3 is 6.16 Å². The first-order valence-corrected chi connectivity index (χ1v) is 8.20. The average Bonchev–Trinajstić information content (AvgIpc) is 2.64. The molecule has 126 valence electrons. The first-order chi connectivity index (χ1) is 11.7. The third-order valence-corrected chi connectivity index (χ3v) is 3.58. The minimum absolute atomic E-state index is 0.271. The lowest BCUT2D eigenvalue weighted by atomic mass is 10.00. The van der Waals surface area contributed by atoms with Crippen molar-refractivity contribution in [2.45, 2.75) is 32.3 Å². The average molecular weight is 326 g/mol. The van der Waals surface area contributed by atoms with E-state index in [0.717, 1.165) is 19.3 Å². The van der Waals surface area contributed by atoms with E-state index in [1.54, 1.807) is 48.5 Å². The molecule has 4 heteroatoms. The molecular formula is C20H22O4. The van der Waals surface area contributed by atoms with Gasteiger partial charge in [-0.25, -0.2) is 4.79 Å². The third-order valence-electron chi connectivity index (χ3n) is 3.58. The number of carbonyl (C=O) groups is 2. The van der Waals surface area contributed by atoms with Crippen molar-refractivity contribution in [3.63, 3.8) is 0 Å². The monoisotopic (exact) mass is 326 g/mol. The molecule has 0 saturated heterocycles. The topological polar surface area (TPSA) is 52.6 Å². The van der Waals surface area contributed by atoms with Gasteiger partial charge < -0.3 is 9.47 Å². The van der Waals surface area contributed by atoms with Crippen LogP contribution in [0.25, 0.3) is 0 Å². The van der Waals surface area contributed by atoms with E-state index in [1.165, 1.54) is 0 Å². The highest BCUT2D eigenvalue weighted by molar-refractivity contribution is 6.00. The van der Waals surface area contributed by atoms with Crippen molar-refractivity contribution in [2.24, 2.45) is 0 Å². The predicted molar refractivity (Wildman–Crippen MR) is 91.9 cm³/mol. The van der Waals surface area contributed by atoms with Crippen molar-refractivity contribution in [3.8, 4) is 0 Å². The van der Waals surface area contributed by atoms with Gasteiger partial charge in [0, 0.05) is 11.1 Å². The van der Waals surface area contributed by atoms with Crippen LogP contribution in [0, 0.1) is 0 Å². The molecule has 0 amide bonds. The summed E-state index contributed by atoms with van der Waals surface area (Å²) in [4.78, 5) is 24.7. The van der Waals surface area contributed by atoms with Crippen molar-refractivity contribution >= 4 is 11.9 Å². The zero-order valence-electron chi connectivity index (χ0n) is 13.8. The lowest BCUT2D eigenvalue weighted by Crippen LogP contribution is -2.21. The Morgan fingerprint density at radius 1 is 0.917 bits per heavy atom. The second-order valence-electron chi connectivity index (χ2n) is 5.44. The van der Waals surface area contributed by atoms with Gasteiger partial charge in [0.15, 0.2) is 6.10 Å². The van der Waals surface area contributed by atoms with E-state index in [2.05, 4.69) is 6.92 Å². The minimum atomic E-state index is -1.01. The second kappa shape index (κ2) is 9.50. The number of hydrogen-bond acceptors (Lipinski definition) is 4. The van der Waals surface area contributed by atoms with Gasteiger partial charge in [-0.2, -0.15) is 0 Å². The van der Waals surface area contributed by atoms with E-state index < -0.39 is 12.3 Å². The minimum Gasteiger partial charge on any atom is -0.434 e. The van der Waals surface area contributed by atoms with E-state index in [9.17, 15) is 9.59 Å². The summed E-state index contributed by atoms with van der Waals surface area (Å²) in [5, 5.41) is 0. The number of unbranched alkanes of at least 4 members (excludes halogenated alkanes) is 2. The van der Waals surface area contributed by atoms with Crippen molar-refractivity contribution < 1.29 is 19.1 Å². The van der Waals surface area contributed by atoms with Crippen LogP contribution in [0.2, 0.25) is 0 Å². The summed E-state index contributed by atoms with van der Waals surface area (Å²) in [5.74, 6) is -0.271. The van der Waals surface area contributed by atoms with E-state index >= 15 is 0 Å². The molecule has 0 fully saturated rings. The van der Waals surface area contributed by atoms with Crippen molar-refractivity contribution in [3.05, 3.63) is 71.8 Å². The number of hydrogen-bond donors (Lipinski definition) is 0. The molecule has 0 bridgehead atoms. The van der Waals surface area contributed by atoms with Gasteiger partial charge in [-0.05, 0) is 6.42 Å². The molecule has 1 unspecified atom stereocenters. The first-order valence-electron chi connectivity index (χ1n) is 8.20. The molecule has 2 aromatic carbocycles. The van der Waals surface area contributed by atoms with Crippen LogP contribution in [0.5, 0.6) is 0 Å². The molecular weight excluding hydrogens is 304 g/mol. The van der Waals surface area contributed by atoms with Crippen LogP contribution in [0.4, 0.5) is 4.79 Å². The van der Waals surface area contributed by atoms with Gasteiger partial charge in [0.05, 0.1) is 6.61 Å². The first kappa shape index (κ1) is 17.7. The Kier molecular flexibility index (Phi) is 7.02. The van der Waals surface area contributed by atoms with Crippen molar-refractivity contribution in [2.75, 3.05) is 6.61 Å². The van der Waals surface area contributed by atoms with Crippen LogP contribution in [0.3, 0.4) is 0 Å². The molecule has 24 heavy (non-hydrogen) atoms. The van der Waals surface area contributed by atoms with Gasteiger partial charge in [0.1, 0.15) is 0 Å². The molecule has 0 saturated carbocycles. The Balaban J connectivity index is 2.09. The summed E-state index contributed by atoms with van der Waals surface area (Å²) in [6.07, 6.45) is 0.987. The highest BCUT2D eigenvalue weighted by Crippen LogP contribution is 2.23. The number of rotatable bonds is 8. The van der Waals surface area contributed by atoms with Crippen LogP contribution >= 0.6 is 0 Å². The third kappa shape index (κ3) is 5.23. The van der Waals surface area contributed by atoms with Gasteiger partial charge in [0.2, 0.25) is 5.78 Å². The van der Waals surface area contributed by atoms with E-state index in [0.29, 0.717) is 17.7 Å². The lowest BCUT2D eigenvalue weighted by molar-refractivity contribution is 0.0215. The Hall–Kier alpha value is -2.62. The maximum atomic E-state index is 12.7. The van der Waals surface area contributed by atoms with Crippen LogP contribution in [-0.2, 0) is 9.47 Å². The standard InChI is InChI=1S/C20H22O4/c1-2-3-10-15-23-20(22)24-19(17-13-8-5-9-14-17)18(21)16-11-6-4-7-12-16/h4-9,11-14,19H,2-3,10,15H2,1H3. The zero-order chi connectivity index (χ0) is 17.2. The van der Waals surface area contributed by atoms with Crippen LogP contribution in [0.15, 0.2) is 60.7 Å². The number of ether oxygens (including phenoxy) is 2. The van der Waals surface area contributed by atoms with Gasteiger partial charge in [0.25, 0.3) is 0 Å². The Bertz CT molecular complexity index is 637. The molecule has 0 heterocycles. The summed E-state index contributed by atoms with van der Waals surface area (Å²) >= 11 is 0. The van der Waals surface area contributed by atoms with E-state index in [-0.39, 0.29) is 5.78 Å². The number of Topliss-reactive ketones (excluding diaryl/α,β-unsaturated/α-hetero) is 1. The van der Waals surface area contributed by atoms with Gasteiger partial charge in [-0.15, -0.1) is 0 Å². The number of benzene rings is 2. The molecule has 1 atom stereocenters. The zero-order valence-corrected chi connectivity index (χ0v) is 13.8. The van der Waals surface area contributed by atoms with Crippen LogP contribution < -0.4 is 0 Å². The summed E-state index contributed by atoms with van der Waals surface area (Å²) in [6, 6.07) is 17.8. The maximum Gasteiger partial charge on any atom is 0.509 e. The van der Waals surface area contributed by atoms with Crippen molar-refractivity contribution in [1.82, 2.24) is 0 Å². The Morgan fingerprint density at radius 2 is 1.54 bits per heavy atom. The Labute approximate surface area is 142 Å². The molecule has 2 aromatic rings. The second-order valence-corrected chi connectivity index (χ2v) is 5.44.